The van der Waals surface area contributed by atoms with Crippen LogP contribution in [0.2, 0.25) is 0 Å². The number of aliphatic hydroxyl groups excluding tert-OH is 2. The highest BCUT2D eigenvalue weighted by Crippen LogP contribution is 2.29. The minimum Gasteiger partial charge on any atom is -0.390 e. The molecular formula is C37H55N5O5. The van der Waals surface area contributed by atoms with Gasteiger partial charge in [-0.3, -0.25) is 14.4 Å². The number of amides is 3. The summed E-state index contributed by atoms with van der Waals surface area (Å²) >= 11 is 0. The van der Waals surface area contributed by atoms with Crippen molar-refractivity contribution in [3.63, 3.8) is 0 Å². The minimum absolute atomic E-state index is 0.0327. The molecule has 3 rings (SSSR count). The fourth-order valence-corrected chi connectivity index (χ4v) is 6.36. The third-order valence-corrected chi connectivity index (χ3v) is 9.16. The van der Waals surface area contributed by atoms with Crippen LogP contribution in [0.5, 0.6) is 0 Å². The van der Waals surface area contributed by atoms with Crippen LogP contribution >= 0.6 is 0 Å². The van der Waals surface area contributed by atoms with E-state index in [1.54, 1.807) is 24.5 Å². The lowest BCUT2D eigenvalue weighted by Crippen LogP contribution is -2.56. The number of hydrogen-bond donors (Lipinski definition) is 4. The Labute approximate surface area is 280 Å². The number of benzene rings is 1. The lowest BCUT2D eigenvalue weighted by Gasteiger charge is -2.34. The number of nitrogens with one attached hydrogen (secondary N) is 2. The Kier molecular flexibility index (Phi) is 16.0. The van der Waals surface area contributed by atoms with Crippen LogP contribution in [-0.2, 0) is 27.3 Å². The Hall–Kier alpha value is -3.68. The third kappa shape index (κ3) is 13.2. The first-order valence-electron chi connectivity index (χ1n) is 17.2. The predicted octanol–water partition coefficient (Wildman–Crippen LogP) is 3.71. The number of aliphatic hydroxyl groups is 2. The quantitative estimate of drug-likeness (QED) is 0.171. The summed E-state index contributed by atoms with van der Waals surface area (Å²) in [7, 11) is 1.71. The topological polar surface area (TPSA) is 137 Å². The summed E-state index contributed by atoms with van der Waals surface area (Å²) in [6.45, 7) is 4.98. The smallest absolute Gasteiger partial charge is 0.242 e. The summed E-state index contributed by atoms with van der Waals surface area (Å²) in [5, 5.41) is 27.9. The number of nitrogens with zero attached hydrogens (tertiary/aromatic N) is 3. The normalized spacial score (nSPS) is 16.8. The largest absolute Gasteiger partial charge is 0.390 e. The molecule has 1 aromatic heterocycles. The summed E-state index contributed by atoms with van der Waals surface area (Å²) in [4.78, 5) is 46.7. The maximum Gasteiger partial charge on any atom is 0.242 e. The van der Waals surface area contributed by atoms with Gasteiger partial charge in [-0.2, -0.15) is 0 Å². The van der Waals surface area contributed by atoms with Crippen molar-refractivity contribution in [3.05, 3.63) is 54.6 Å². The summed E-state index contributed by atoms with van der Waals surface area (Å²) in [6, 6.07) is 7.86. The van der Waals surface area contributed by atoms with Gasteiger partial charge in [0, 0.05) is 45.4 Å². The molecule has 47 heavy (non-hydrogen) atoms. The highest BCUT2D eigenvalue weighted by atomic mass is 16.3. The molecule has 1 heterocycles. The molecular weight excluding hydrogens is 594 g/mol. The van der Waals surface area contributed by atoms with Crippen molar-refractivity contribution in [2.75, 3.05) is 13.6 Å². The molecule has 2 aromatic rings. The summed E-state index contributed by atoms with van der Waals surface area (Å²) in [6.07, 6.45) is 15.8. The van der Waals surface area contributed by atoms with Gasteiger partial charge in [-0.05, 0) is 43.1 Å². The number of imidazole rings is 1. The van der Waals surface area contributed by atoms with Crippen LogP contribution in [0, 0.1) is 30.1 Å². The Morgan fingerprint density at radius 1 is 1.09 bits per heavy atom. The number of aromatic nitrogens is 2. The van der Waals surface area contributed by atoms with E-state index in [4.69, 9.17) is 6.42 Å². The molecule has 0 spiro atoms. The van der Waals surface area contributed by atoms with Gasteiger partial charge in [-0.1, -0.05) is 76.3 Å². The van der Waals surface area contributed by atoms with Crippen LogP contribution in [0.1, 0.15) is 83.6 Å². The number of hydrogen-bond acceptors (Lipinski definition) is 6. The average Bonchev–Trinajstić information content (AvgIpc) is 3.59. The number of carbonyl (C=O) groups excluding carboxylic acids is 3. The van der Waals surface area contributed by atoms with Crippen molar-refractivity contribution in [1.29, 1.82) is 0 Å². The maximum atomic E-state index is 13.9. The average molecular weight is 650 g/mol. The van der Waals surface area contributed by atoms with Crippen molar-refractivity contribution in [3.8, 4) is 12.3 Å². The minimum atomic E-state index is -1.14. The van der Waals surface area contributed by atoms with E-state index in [-0.39, 0.29) is 31.1 Å². The van der Waals surface area contributed by atoms with Crippen molar-refractivity contribution >= 4 is 17.7 Å². The molecule has 258 valence electrons. The molecule has 1 aliphatic rings. The molecule has 3 amide bonds. The molecule has 1 aliphatic carbocycles. The zero-order valence-corrected chi connectivity index (χ0v) is 28.4. The fraction of sp³-hybridized carbons (Fsp3) is 0.622. The van der Waals surface area contributed by atoms with E-state index in [9.17, 15) is 24.6 Å². The molecule has 0 aliphatic heterocycles. The standard InChI is InChI=1S/C37H55N5O5/c1-5-6-17-31(37(47)40-32(24-29-15-11-8-12-16-29)35(45)33(43)22-27(2)3)39-36(46)30(23-28-13-9-7-10-14-28)25-34(44)41(4)20-21-42-19-18-38-26-42/h1,7,9-10,13-14,18-19,26-27,29-33,35,43,45H,6,8,11-12,15-17,20-25H2,2-4H3,(H,39,46)(H,40,47)/t30-,31+,32?,33+,35?/m1/s1. The van der Waals surface area contributed by atoms with E-state index in [0.717, 1.165) is 31.2 Å². The molecule has 0 bridgehead atoms. The van der Waals surface area contributed by atoms with Crippen LogP contribution in [0.3, 0.4) is 0 Å². The van der Waals surface area contributed by atoms with E-state index in [1.165, 1.54) is 6.42 Å². The Balaban J connectivity index is 1.75. The van der Waals surface area contributed by atoms with E-state index in [0.29, 0.717) is 38.3 Å². The molecule has 10 heteroatoms. The Morgan fingerprint density at radius 2 is 1.81 bits per heavy atom. The van der Waals surface area contributed by atoms with Gasteiger partial charge in [0.15, 0.2) is 0 Å². The molecule has 0 radical (unpaired) electrons. The SMILES string of the molecule is C#CCC[C@H](NC(=O)[C@@H](CC(=O)N(C)CCn1ccnc1)Cc1ccccc1)C(=O)NC(CC1CCCCC1)C(O)[C@@H](O)CC(C)C. The first-order valence-corrected chi connectivity index (χ1v) is 17.2. The zero-order valence-electron chi connectivity index (χ0n) is 28.4. The van der Waals surface area contributed by atoms with E-state index >= 15 is 0 Å². The lowest BCUT2D eigenvalue weighted by molar-refractivity contribution is -0.137. The molecule has 1 aromatic carbocycles. The molecule has 1 fully saturated rings. The Bertz CT molecular complexity index is 1260. The zero-order chi connectivity index (χ0) is 34.2. The van der Waals surface area contributed by atoms with Gasteiger partial charge < -0.3 is 30.3 Å². The molecule has 2 unspecified atom stereocenters. The summed E-state index contributed by atoms with van der Waals surface area (Å²) in [5.74, 6) is 1.30. The predicted molar refractivity (Wildman–Crippen MR) is 183 cm³/mol. The van der Waals surface area contributed by atoms with Crippen molar-refractivity contribution < 1.29 is 24.6 Å². The first kappa shape index (κ1) is 37.8. The van der Waals surface area contributed by atoms with Crippen LogP contribution in [0.15, 0.2) is 49.1 Å². The van der Waals surface area contributed by atoms with Crippen molar-refractivity contribution in [1.82, 2.24) is 25.1 Å². The second kappa shape index (κ2) is 19.9. The van der Waals surface area contributed by atoms with Crippen molar-refractivity contribution in [2.24, 2.45) is 17.8 Å². The fourth-order valence-electron chi connectivity index (χ4n) is 6.36. The molecule has 4 N–H and O–H groups in total. The van der Waals surface area contributed by atoms with E-state index in [1.807, 2.05) is 54.9 Å². The molecule has 5 atom stereocenters. The highest BCUT2D eigenvalue weighted by Gasteiger charge is 2.34. The van der Waals surface area contributed by atoms with Gasteiger partial charge >= 0.3 is 0 Å². The number of carbonyl (C=O) groups is 3. The lowest BCUT2D eigenvalue weighted by atomic mass is 9.82. The van der Waals surface area contributed by atoms with Gasteiger partial charge in [0.05, 0.1) is 24.4 Å². The second-order valence-electron chi connectivity index (χ2n) is 13.6. The summed E-state index contributed by atoms with van der Waals surface area (Å²) in [5.41, 5.74) is 0.904. The Morgan fingerprint density at radius 3 is 2.45 bits per heavy atom. The maximum absolute atomic E-state index is 13.9. The van der Waals surface area contributed by atoms with E-state index < -0.39 is 42.0 Å². The van der Waals surface area contributed by atoms with Crippen molar-refractivity contribution in [2.45, 2.75) is 115 Å². The summed E-state index contributed by atoms with van der Waals surface area (Å²) < 4.78 is 1.88. The van der Waals surface area contributed by atoms with Gasteiger partial charge in [-0.15, -0.1) is 12.3 Å². The van der Waals surface area contributed by atoms with Crippen LogP contribution < -0.4 is 10.6 Å². The number of terminal acetylenes is 1. The highest BCUT2D eigenvalue weighted by molar-refractivity contribution is 5.91. The second-order valence-corrected chi connectivity index (χ2v) is 13.6. The van der Waals surface area contributed by atoms with Gasteiger partial charge in [0.25, 0.3) is 0 Å². The molecule has 0 saturated heterocycles. The monoisotopic (exact) mass is 649 g/mol. The third-order valence-electron chi connectivity index (χ3n) is 9.16. The van der Waals surface area contributed by atoms with Crippen LogP contribution in [0.25, 0.3) is 0 Å². The molecule has 1 saturated carbocycles. The number of likely N-dealkylation sites (N-methyl/N-ethyl adjacent to an activating group) is 1. The van der Waals surface area contributed by atoms with E-state index in [2.05, 4.69) is 21.5 Å². The van der Waals surface area contributed by atoms with Gasteiger partial charge in [0.1, 0.15) is 12.1 Å². The number of rotatable bonds is 19. The molecule has 10 nitrogen and oxygen atoms in total. The van der Waals surface area contributed by atoms with Crippen LogP contribution in [0.4, 0.5) is 0 Å². The van der Waals surface area contributed by atoms with Gasteiger partial charge in [0.2, 0.25) is 17.7 Å². The van der Waals surface area contributed by atoms with Gasteiger partial charge in [-0.25, -0.2) is 4.98 Å². The van der Waals surface area contributed by atoms with Crippen LogP contribution in [-0.4, -0.2) is 80.3 Å². The first-order chi connectivity index (χ1) is 22.6.